The fourth-order valence-electron chi connectivity index (χ4n) is 4.42. The van der Waals surface area contributed by atoms with Gasteiger partial charge in [0.1, 0.15) is 28.8 Å². The predicted molar refractivity (Wildman–Crippen MR) is 131 cm³/mol. The normalized spacial score (nSPS) is 15.9. The summed E-state index contributed by atoms with van der Waals surface area (Å²) in [4.78, 5) is 23.1. The highest BCUT2D eigenvalue weighted by Crippen LogP contribution is 2.35. The summed E-state index contributed by atoms with van der Waals surface area (Å²) in [5, 5.41) is 5.67. The van der Waals surface area contributed by atoms with Crippen LogP contribution in [0.25, 0.3) is 22.3 Å². The summed E-state index contributed by atoms with van der Waals surface area (Å²) in [6, 6.07) is 17.4. The summed E-state index contributed by atoms with van der Waals surface area (Å²) in [6.07, 6.45) is 3.13. The van der Waals surface area contributed by atoms with Crippen molar-refractivity contribution in [2.45, 2.75) is 25.8 Å². The van der Waals surface area contributed by atoms with Crippen LogP contribution in [0.3, 0.4) is 0 Å². The molecule has 8 heteroatoms. The van der Waals surface area contributed by atoms with E-state index >= 15 is 0 Å². The molecule has 0 saturated carbocycles. The van der Waals surface area contributed by atoms with Gasteiger partial charge in [0, 0.05) is 18.7 Å². The molecule has 1 aliphatic rings. The summed E-state index contributed by atoms with van der Waals surface area (Å²) in [6.45, 7) is 6.70. The molecule has 2 N–H and O–H groups in total. The van der Waals surface area contributed by atoms with Crippen molar-refractivity contribution >= 4 is 22.8 Å². The highest BCUT2D eigenvalue weighted by molar-refractivity contribution is 5.98. The lowest BCUT2D eigenvalue weighted by molar-refractivity contribution is -0.127. The van der Waals surface area contributed by atoms with Gasteiger partial charge in [0.2, 0.25) is 5.91 Å². The van der Waals surface area contributed by atoms with Crippen molar-refractivity contribution in [3.8, 4) is 22.8 Å². The Balaban J connectivity index is 1.53. The van der Waals surface area contributed by atoms with Crippen LogP contribution in [0.2, 0.25) is 0 Å². The zero-order chi connectivity index (χ0) is 23.7. The first kappa shape index (κ1) is 21.6. The number of likely N-dealkylation sites (tertiary alicyclic amines) is 1. The van der Waals surface area contributed by atoms with Crippen LogP contribution >= 0.6 is 0 Å². The number of nitrogens with two attached hydrogens (primary N) is 1. The van der Waals surface area contributed by atoms with Crippen LogP contribution in [-0.2, 0) is 4.79 Å². The van der Waals surface area contributed by atoms with Gasteiger partial charge in [-0.3, -0.25) is 4.79 Å². The summed E-state index contributed by atoms with van der Waals surface area (Å²) >= 11 is 0. The Morgan fingerprint density at radius 2 is 1.85 bits per heavy atom. The zero-order valence-corrected chi connectivity index (χ0v) is 19.0. The molecule has 2 aromatic heterocycles. The Hall–Kier alpha value is -4.20. The number of hydrogen-bond acceptors (Lipinski definition) is 6. The number of piperidine rings is 1. The number of nitrogen functional groups attached to an aromatic ring is 1. The van der Waals surface area contributed by atoms with Crippen LogP contribution in [0.4, 0.5) is 5.82 Å². The van der Waals surface area contributed by atoms with E-state index < -0.39 is 0 Å². The van der Waals surface area contributed by atoms with Gasteiger partial charge in [0.25, 0.3) is 0 Å². The number of hydrogen-bond donors (Lipinski definition) is 1. The van der Waals surface area contributed by atoms with Crippen LogP contribution in [-0.4, -0.2) is 43.6 Å². The number of nitrogens with zero attached hydrogens (tertiary/aromatic N) is 5. The number of anilines is 1. The summed E-state index contributed by atoms with van der Waals surface area (Å²) < 4.78 is 7.83. The third-order valence-corrected chi connectivity index (χ3v) is 6.03. The number of aromatic nitrogens is 4. The molecule has 0 aliphatic carbocycles. The summed E-state index contributed by atoms with van der Waals surface area (Å²) in [7, 11) is 0. The molecular weight excluding hydrogens is 428 g/mol. The molecule has 1 amide bonds. The van der Waals surface area contributed by atoms with E-state index in [-0.39, 0.29) is 11.9 Å². The van der Waals surface area contributed by atoms with Gasteiger partial charge in [-0.05, 0) is 62.2 Å². The van der Waals surface area contributed by atoms with Crippen LogP contribution in [0, 0.1) is 6.92 Å². The maximum atomic E-state index is 12.2. The monoisotopic (exact) mass is 454 g/mol. The van der Waals surface area contributed by atoms with E-state index in [2.05, 4.69) is 16.5 Å². The SMILES string of the molecule is C=CC(=O)N1CCC[C@@H](n2nc(-c3ccc(Oc4ccccc4)cc3)c3c(N)nc(C)nc32)C1. The Kier molecular flexibility index (Phi) is 5.71. The molecule has 8 nitrogen and oxygen atoms in total. The number of benzene rings is 2. The average Bonchev–Trinajstić information content (AvgIpc) is 3.24. The number of ether oxygens (including phenoxy) is 1. The van der Waals surface area contributed by atoms with Gasteiger partial charge >= 0.3 is 0 Å². The summed E-state index contributed by atoms with van der Waals surface area (Å²) in [5.41, 5.74) is 8.64. The summed E-state index contributed by atoms with van der Waals surface area (Å²) in [5.74, 6) is 2.40. The predicted octanol–water partition coefficient (Wildman–Crippen LogP) is 4.53. The molecule has 0 radical (unpaired) electrons. The maximum absolute atomic E-state index is 12.2. The van der Waals surface area contributed by atoms with Gasteiger partial charge < -0.3 is 15.4 Å². The molecule has 1 saturated heterocycles. The first-order valence-electron chi connectivity index (χ1n) is 11.3. The van der Waals surface area contributed by atoms with Gasteiger partial charge in [-0.25, -0.2) is 14.6 Å². The van der Waals surface area contributed by atoms with Crippen molar-refractivity contribution in [3.05, 3.63) is 73.1 Å². The largest absolute Gasteiger partial charge is 0.457 e. The van der Waals surface area contributed by atoms with Crippen molar-refractivity contribution < 1.29 is 9.53 Å². The molecule has 34 heavy (non-hydrogen) atoms. The minimum absolute atomic E-state index is 0.0108. The number of carbonyl (C=O) groups excluding carboxylic acids is 1. The molecule has 4 aromatic rings. The molecule has 172 valence electrons. The van der Waals surface area contributed by atoms with E-state index in [0.717, 1.165) is 35.3 Å². The topological polar surface area (TPSA) is 99.2 Å². The van der Waals surface area contributed by atoms with Gasteiger partial charge in [0.15, 0.2) is 5.65 Å². The standard InChI is InChI=1S/C26H26N6O2/c1-3-22(33)31-15-7-8-19(16-31)32-26-23(25(27)28-17(2)29-26)24(30-32)18-11-13-21(14-12-18)34-20-9-5-4-6-10-20/h3-6,9-14,19H,1,7-8,15-16H2,2H3,(H2,27,28,29)/t19-/m1/s1. The van der Waals surface area contributed by atoms with E-state index in [9.17, 15) is 4.79 Å². The van der Waals surface area contributed by atoms with Gasteiger partial charge in [-0.2, -0.15) is 5.10 Å². The van der Waals surface area contributed by atoms with Crippen molar-refractivity contribution in [2.75, 3.05) is 18.8 Å². The minimum Gasteiger partial charge on any atom is -0.457 e. The highest BCUT2D eigenvalue weighted by Gasteiger charge is 2.28. The van der Waals surface area contributed by atoms with E-state index in [1.807, 2.05) is 71.1 Å². The first-order chi connectivity index (χ1) is 16.5. The Morgan fingerprint density at radius 3 is 2.59 bits per heavy atom. The van der Waals surface area contributed by atoms with Crippen molar-refractivity contribution in [1.29, 1.82) is 0 Å². The first-order valence-corrected chi connectivity index (χ1v) is 11.3. The second-order valence-corrected chi connectivity index (χ2v) is 8.37. The van der Waals surface area contributed by atoms with Crippen LogP contribution in [0.15, 0.2) is 67.3 Å². The minimum atomic E-state index is -0.0688. The van der Waals surface area contributed by atoms with Crippen molar-refractivity contribution in [2.24, 2.45) is 0 Å². The highest BCUT2D eigenvalue weighted by atomic mass is 16.5. The fraction of sp³-hybridized carbons (Fsp3) is 0.231. The quantitative estimate of drug-likeness (QED) is 0.445. The molecule has 0 bridgehead atoms. The molecule has 1 atom stereocenters. The Bertz CT molecular complexity index is 1350. The molecular formula is C26H26N6O2. The van der Waals surface area contributed by atoms with E-state index in [1.165, 1.54) is 6.08 Å². The molecule has 1 fully saturated rings. The third kappa shape index (κ3) is 4.10. The number of para-hydroxylation sites is 1. The van der Waals surface area contributed by atoms with E-state index in [4.69, 9.17) is 15.6 Å². The number of amides is 1. The lowest BCUT2D eigenvalue weighted by Gasteiger charge is -2.32. The van der Waals surface area contributed by atoms with Crippen LogP contribution < -0.4 is 10.5 Å². The number of fused-ring (bicyclic) bond motifs is 1. The van der Waals surface area contributed by atoms with Crippen LogP contribution in [0.1, 0.15) is 24.7 Å². The van der Waals surface area contributed by atoms with E-state index in [0.29, 0.717) is 36.1 Å². The second kappa shape index (κ2) is 8.97. The lowest BCUT2D eigenvalue weighted by atomic mass is 10.1. The molecule has 5 rings (SSSR count). The zero-order valence-electron chi connectivity index (χ0n) is 19.0. The average molecular weight is 455 g/mol. The second-order valence-electron chi connectivity index (χ2n) is 8.37. The number of carbonyl (C=O) groups is 1. The molecule has 0 spiro atoms. The van der Waals surface area contributed by atoms with Crippen LogP contribution in [0.5, 0.6) is 11.5 Å². The molecule has 3 heterocycles. The number of aryl methyl sites for hydroxylation is 1. The van der Waals surface area contributed by atoms with Crippen molar-refractivity contribution in [3.63, 3.8) is 0 Å². The van der Waals surface area contributed by atoms with E-state index in [1.54, 1.807) is 0 Å². The van der Waals surface area contributed by atoms with Gasteiger partial charge in [-0.1, -0.05) is 24.8 Å². The fourth-order valence-corrected chi connectivity index (χ4v) is 4.42. The smallest absolute Gasteiger partial charge is 0.246 e. The van der Waals surface area contributed by atoms with Crippen molar-refractivity contribution in [1.82, 2.24) is 24.6 Å². The number of rotatable bonds is 5. The van der Waals surface area contributed by atoms with Gasteiger partial charge in [0.05, 0.1) is 11.4 Å². The third-order valence-electron chi connectivity index (χ3n) is 6.03. The molecule has 1 aliphatic heterocycles. The maximum Gasteiger partial charge on any atom is 0.246 e. The molecule has 2 aromatic carbocycles. The lowest BCUT2D eigenvalue weighted by Crippen LogP contribution is -2.40. The Labute approximate surface area is 197 Å². The molecule has 0 unspecified atom stereocenters. The Morgan fingerprint density at radius 1 is 1.12 bits per heavy atom. The van der Waals surface area contributed by atoms with Gasteiger partial charge in [-0.15, -0.1) is 0 Å².